The number of aromatic amines is 1. The normalized spacial score (nSPS) is 11.1. The average molecular weight is 220 g/mol. The van der Waals surface area contributed by atoms with Gasteiger partial charge in [0.1, 0.15) is 11.3 Å². The summed E-state index contributed by atoms with van der Waals surface area (Å²) in [5, 5.41) is 3.94. The number of aromatic nitrogens is 4. The molecular weight excluding hydrogens is 214 g/mol. The highest BCUT2D eigenvalue weighted by molar-refractivity contribution is 5.76. The van der Waals surface area contributed by atoms with Gasteiger partial charge in [-0.05, 0) is 12.1 Å². The summed E-state index contributed by atoms with van der Waals surface area (Å²) in [4.78, 5) is 6.79. The predicted molar refractivity (Wildman–Crippen MR) is 53.1 cm³/mol. The van der Waals surface area contributed by atoms with Crippen LogP contribution in [0.1, 0.15) is 0 Å². The molecule has 80 valence electrons. The standard InChI is InChI=1S/C10H6F2N4/c11-6-4-7(12)9-8(5-6)14-10(15-9)16-3-1-2-13-16/h1-5H,(H,14,15). The predicted octanol–water partition coefficient (Wildman–Crippen LogP) is 2.03. The van der Waals surface area contributed by atoms with E-state index in [1.165, 1.54) is 10.7 Å². The van der Waals surface area contributed by atoms with Crippen LogP contribution in [-0.2, 0) is 0 Å². The van der Waals surface area contributed by atoms with Crippen molar-refractivity contribution in [3.8, 4) is 5.95 Å². The number of nitrogens with zero attached hydrogens (tertiary/aromatic N) is 3. The van der Waals surface area contributed by atoms with E-state index in [2.05, 4.69) is 15.1 Å². The minimum Gasteiger partial charge on any atom is -0.322 e. The maximum atomic E-state index is 13.3. The lowest BCUT2D eigenvalue weighted by atomic mass is 10.3. The summed E-state index contributed by atoms with van der Waals surface area (Å²) in [6.45, 7) is 0. The van der Waals surface area contributed by atoms with Gasteiger partial charge in [-0.15, -0.1) is 0 Å². The Morgan fingerprint density at radius 2 is 2.12 bits per heavy atom. The number of benzene rings is 1. The van der Waals surface area contributed by atoms with Crippen molar-refractivity contribution in [2.45, 2.75) is 0 Å². The fourth-order valence-corrected chi connectivity index (χ4v) is 1.53. The van der Waals surface area contributed by atoms with E-state index in [-0.39, 0.29) is 5.52 Å². The Morgan fingerprint density at radius 3 is 2.88 bits per heavy atom. The van der Waals surface area contributed by atoms with Gasteiger partial charge in [0, 0.05) is 18.5 Å². The maximum absolute atomic E-state index is 13.3. The average Bonchev–Trinajstić information content (AvgIpc) is 2.82. The van der Waals surface area contributed by atoms with Gasteiger partial charge in [0.25, 0.3) is 0 Å². The summed E-state index contributed by atoms with van der Waals surface area (Å²) in [6, 6.07) is 3.71. The van der Waals surface area contributed by atoms with Gasteiger partial charge in [-0.2, -0.15) is 5.10 Å². The Bertz CT molecular complexity index is 642. The lowest BCUT2D eigenvalue weighted by Gasteiger charge is -1.91. The Hall–Kier alpha value is -2.24. The van der Waals surface area contributed by atoms with Crippen molar-refractivity contribution in [2.75, 3.05) is 0 Å². The van der Waals surface area contributed by atoms with Crippen LogP contribution in [0, 0.1) is 11.6 Å². The molecule has 3 aromatic rings. The first-order valence-electron chi connectivity index (χ1n) is 4.59. The summed E-state index contributed by atoms with van der Waals surface area (Å²) < 4.78 is 27.7. The number of H-pyrrole nitrogens is 1. The zero-order valence-electron chi connectivity index (χ0n) is 7.98. The van der Waals surface area contributed by atoms with Crippen LogP contribution >= 0.6 is 0 Å². The molecule has 0 radical (unpaired) electrons. The van der Waals surface area contributed by atoms with Crippen molar-refractivity contribution in [1.82, 2.24) is 19.7 Å². The van der Waals surface area contributed by atoms with Crippen LogP contribution in [0.15, 0.2) is 30.6 Å². The van der Waals surface area contributed by atoms with Crippen LogP contribution in [0.25, 0.3) is 17.0 Å². The molecule has 0 saturated heterocycles. The van der Waals surface area contributed by atoms with Crippen LogP contribution in [-0.4, -0.2) is 19.7 Å². The number of imidazole rings is 1. The van der Waals surface area contributed by atoms with E-state index < -0.39 is 11.6 Å². The maximum Gasteiger partial charge on any atom is 0.229 e. The monoisotopic (exact) mass is 220 g/mol. The van der Waals surface area contributed by atoms with Crippen molar-refractivity contribution in [3.05, 3.63) is 42.2 Å². The van der Waals surface area contributed by atoms with Crippen LogP contribution in [0.5, 0.6) is 0 Å². The topological polar surface area (TPSA) is 46.5 Å². The van der Waals surface area contributed by atoms with Crippen molar-refractivity contribution in [2.24, 2.45) is 0 Å². The van der Waals surface area contributed by atoms with Crippen molar-refractivity contribution < 1.29 is 8.78 Å². The van der Waals surface area contributed by atoms with Crippen LogP contribution < -0.4 is 0 Å². The molecule has 4 nitrogen and oxygen atoms in total. The van der Waals surface area contributed by atoms with Gasteiger partial charge in [-0.25, -0.2) is 18.4 Å². The molecule has 0 amide bonds. The summed E-state index contributed by atoms with van der Waals surface area (Å²) in [7, 11) is 0. The lowest BCUT2D eigenvalue weighted by Crippen LogP contribution is -1.95. The fraction of sp³-hybridized carbons (Fsp3) is 0. The lowest BCUT2D eigenvalue weighted by molar-refractivity contribution is 0.590. The third kappa shape index (κ3) is 1.27. The molecule has 2 aromatic heterocycles. The molecule has 2 heterocycles. The number of nitrogens with one attached hydrogen (secondary N) is 1. The van der Waals surface area contributed by atoms with Gasteiger partial charge in [-0.3, -0.25) is 0 Å². The molecule has 0 unspecified atom stereocenters. The van der Waals surface area contributed by atoms with E-state index in [0.717, 1.165) is 6.07 Å². The second-order valence-corrected chi connectivity index (χ2v) is 3.29. The summed E-state index contributed by atoms with van der Waals surface area (Å²) in [6.07, 6.45) is 3.23. The molecule has 0 aliphatic heterocycles. The Balaban J connectivity index is 2.27. The van der Waals surface area contributed by atoms with E-state index in [9.17, 15) is 8.78 Å². The molecule has 3 rings (SSSR count). The van der Waals surface area contributed by atoms with Crippen molar-refractivity contribution >= 4 is 11.0 Å². The van der Waals surface area contributed by atoms with Gasteiger partial charge in [-0.1, -0.05) is 0 Å². The van der Waals surface area contributed by atoms with Gasteiger partial charge in [0.15, 0.2) is 5.82 Å². The molecule has 0 aliphatic rings. The summed E-state index contributed by atoms with van der Waals surface area (Å²) >= 11 is 0. The van der Waals surface area contributed by atoms with Gasteiger partial charge in [0.05, 0.1) is 5.52 Å². The zero-order chi connectivity index (χ0) is 11.1. The van der Waals surface area contributed by atoms with E-state index in [1.54, 1.807) is 18.5 Å². The SMILES string of the molecule is Fc1cc(F)c2nc(-n3cccn3)[nH]c2c1. The number of halogens is 2. The first-order valence-corrected chi connectivity index (χ1v) is 4.59. The first-order chi connectivity index (χ1) is 7.74. The Kier molecular flexibility index (Phi) is 1.76. The highest BCUT2D eigenvalue weighted by Gasteiger charge is 2.10. The molecule has 0 aliphatic carbocycles. The Morgan fingerprint density at radius 1 is 1.25 bits per heavy atom. The van der Waals surface area contributed by atoms with E-state index in [0.29, 0.717) is 11.5 Å². The van der Waals surface area contributed by atoms with E-state index in [1.807, 2.05) is 0 Å². The quantitative estimate of drug-likeness (QED) is 0.682. The number of rotatable bonds is 1. The minimum absolute atomic E-state index is 0.104. The molecule has 0 bridgehead atoms. The fourth-order valence-electron chi connectivity index (χ4n) is 1.53. The minimum atomic E-state index is -0.690. The molecule has 0 fully saturated rings. The van der Waals surface area contributed by atoms with Crippen LogP contribution in [0.4, 0.5) is 8.78 Å². The second-order valence-electron chi connectivity index (χ2n) is 3.29. The first kappa shape index (κ1) is 9.02. The third-order valence-electron chi connectivity index (χ3n) is 2.21. The third-order valence-corrected chi connectivity index (χ3v) is 2.21. The van der Waals surface area contributed by atoms with Gasteiger partial charge < -0.3 is 4.98 Å². The number of hydrogen-bond acceptors (Lipinski definition) is 2. The highest BCUT2D eigenvalue weighted by Crippen LogP contribution is 2.18. The molecular formula is C10H6F2N4. The zero-order valence-corrected chi connectivity index (χ0v) is 7.98. The second kappa shape index (κ2) is 3.13. The van der Waals surface area contributed by atoms with Crippen molar-refractivity contribution in [1.29, 1.82) is 0 Å². The number of fused-ring (bicyclic) bond motifs is 1. The van der Waals surface area contributed by atoms with Crippen molar-refractivity contribution in [3.63, 3.8) is 0 Å². The highest BCUT2D eigenvalue weighted by atomic mass is 19.1. The number of hydrogen-bond donors (Lipinski definition) is 1. The molecule has 1 N–H and O–H groups in total. The van der Waals surface area contributed by atoms with E-state index in [4.69, 9.17) is 0 Å². The molecule has 0 atom stereocenters. The summed E-state index contributed by atoms with van der Waals surface area (Å²) in [5.74, 6) is -0.977. The summed E-state index contributed by atoms with van der Waals surface area (Å²) in [5.41, 5.74) is 0.412. The molecule has 0 saturated carbocycles. The molecule has 1 aromatic carbocycles. The smallest absolute Gasteiger partial charge is 0.229 e. The van der Waals surface area contributed by atoms with E-state index >= 15 is 0 Å². The van der Waals surface area contributed by atoms with Crippen LogP contribution in [0.3, 0.4) is 0 Å². The van der Waals surface area contributed by atoms with Gasteiger partial charge in [0.2, 0.25) is 5.95 Å². The van der Waals surface area contributed by atoms with Crippen LogP contribution in [0.2, 0.25) is 0 Å². The molecule has 0 spiro atoms. The largest absolute Gasteiger partial charge is 0.322 e. The Labute approximate surface area is 88.5 Å². The van der Waals surface area contributed by atoms with Gasteiger partial charge >= 0.3 is 0 Å². The molecule has 16 heavy (non-hydrogen) atoms. The molecule has 6 heteroatoms.